The monoisotopic (exact) mass is 1480 g/mol. The number of aliphatic hydroxyl groups is 1. The lowest BCUT2D eigenvalue weighted by Gasteiger charge is -2.21. The largest absolute Gasteiger partial charge is 0.472 e. The number of phosphoric acid groups is 2. The first-order chi connectivity index (χ1) is 48.6. The smallest absolute Gasteiger partial charge is 0.462 e. The molecule has 5 atom stereocenters. The van der Waals surface area contributed by atoms with E-state index >= 15 is 0 Å². The Hall–Kier alpha value is -1.94. The van der Waals surface area contributed by atoms with Crippen LogP contribution in [0.3, 0.4) is 0 Å². The van der Waals surface area contributed by atoms with E-state index in [-0.39, 0.29) is 25.7 Å². The van der Waals surface area contributed by atoms with Crippen molar-refractivity contribution >= 4 is 39.5 Å². The molecule has 0 saturated carbocycles. The second-order valence-electron chi connectivity index (χ2n) is 31.4. The van der Waals surface area contributed by atoms with Gasteiger partial charge in [0.1, 0.15) is 19.3 Å². The van der Waals surface area contributed by atoms with Crippen molar-refractivity contribution in [3.63, 3.8) is 0 Å². The molecule has 0 aliphatic carbocycles. The van der Waals surface area contributed by atoms with Crippen molar-refractivity contribution in [2.24, 2.45) is 23.7 Å². The fourth-order valence-electron chi connectivity index (χ4n) is 12.6. The Morgan fingerprint density at radius 1 is 0.248 bits per heavy atom. The summed E-state index contributed by atoms with van der Waals surface area (Å²) in [6.07, 6.45) is 58.4. The highest BCUT2D eigenvalue weighted by Crippen LogP contribution is 2.45. The first kappa shape index (κ1) is 99.1. The molecule has 0 bridgehead atoms. The van der Waals surface area contributed by atoms with E-state index in [1.165, 1.54) is 218 Å². The van der Waals surface area contributed by atoms with E-state index in [4.69, 9.17) is 37.0 Å². The van der Waals surface area contributed by atoms with Crippen LogP contribution in [0.4, 0.5) is 0 Å². The van der Waals surface area contributed by atoms with Crippen LogP contribution in [0.1, 0.15) is 421 Å². The molecule has 101 heavy (non-hydrogen) atoms. The summed E-state index contributed by atoms with van der Waals surface area (Å²) in [5.41, 5.74) is 0. The van der Waals surface area contributed by atoms with Gasteiger partial charge >= 0.3 is 39.5 Å². The predicted octanol–water partition coefficient (Wildman–Crippen LogP) is 24.4. The fourth-order valence-corrected chi connectivity index (χ4v) is 14.2. The topological polar surface area (TPSA) is 237 Å². The molecule has 3 N–H and O–H groups in total. The summed E-state index contributed by atoms with van der Waals surface area (Å²) in [6, 6.07) is 0. The van der Waals surface area contributed by atoms with E-state index in [1.807, 2.05) is 0 Å². The summed E-state index contributed by atoms with van der Waals surface area (Å²) in [6.45, 7) is 14.2. The molecule has 0 aliphatic rings. The van der Waals surface area contributed by atoms with Gasteiger partial charge in [0.05, 0.1) is 26.4 Å². The minimum Gasteiger partial charge on any atom is -0.462 e. The maximum absolute atomic E-state index is 13.1. The maximum atomic E-state index is 13.1. The van der Waals surface area contributed by atoms with Gasteiger partial charge in [-0.2, -0.15) is 0 Å². The molecule has 0 aromatic heterocycles. The quantitative estimate of drug-likeness (QED) is 0.0222. The number of phosphoric ester groups is 2. The summed E-state index contributed by atoms with van der Waals surface area (Å²) in [5, 5.41) is 10.6. The van der Waals surface area contributed by atoms with Crippen molar-refractivity contribution in [1.82, 2.24) is 0 Å². The number of unbranched alkanes of at least 4 members (excludes halogenated alkanes) is 45. The van der Waals surface area contributed by atoms with Gasteiger partial charge in [-0.1, -0.05) is 370 Å². The number of carbonyl (C=O) groups is 4. The van der Waals surface area contributed by atoms with E-state index in [0.717, 1.165) is 114 Å². The van der Waals surface area contributed by atoms with E-state index in [0.29, 0.717) is 31.6 Å². The summed E-state index contributed by atoms with van der Waals surface area (Å²) in [4.78, 5) is 73.0. The number of carbonyl (C=O) groups excluding carboxylic acids is 4. The van der Waals surface area contributed by atoms with Gasteiger partial charge in [-0.15, -0.1) is 0 Å². The highest BCUT2D eigenvalue weighted by atomic mass is 31.2. The summed E-state index contributed by atoms with van der Waals surface area (Å²) < 4.78 is 68.7. The van der Waals surface area contributed by atoms with Crippen molar-refractivity contribution in [3.05, 3.63) is 0 Å². The Morgan fingerprint density at radius 2 is 0.416 bits per heavy atom. The van der Waals surface area contributed by atoms with Crippen LogP contribution in [0.2, 0.25) is 0 Å². The van der Waals surface area contributed by atoms with Gasteiger partial charge in [-0.05, 0) is 49.4 Å². The third-order valence-electron chi connectivity index (χ3n) is 19.1. The molecule has 19 heteroatoms. The molecule has 0 fully saturated rings. The fraction of sp³-hybridized carbons (Fsp3) is 0.951. The van der Waals surface area contributed by atoms with Crippen molar-refractivity contribution in [2.45, 2.75) is 440 Å². The first-order valence-corrected chi connectivity index (χ1v) is 45.2. The zero-order chi connectivity index (χ0) is 74.6. The second kappa shape index (κ2) is 71.0. The van der Waals surface area contributed by atoms with Crippen LogP contribution >= 0.6 is 15.6 Å². The predicted molar refractivity (Wildman–Crippen MR) is 414 cm³/mol. The highest BCUT2D eigenvalue weighted by Gasteiger charge is 2.30. The third-order valence-corrected chi connectivity index (χ3v) is 21.0. The first-order valence-electron chi connectivity index (χ1n) is 42.2. The van der Waals surface area contributed by atoms with Gasteiger partial charge in [0.25, 0.3) is 0 Å². The third kappa shape index (κ3) is 76.1. The normalized spacial score (nSPS) is 14.0. The number of rotatable bonds is 79. The summed E-state index contributed by atoms with van der Waals surface area (Å²) in [5.74, 6) is 0.962. The van der Waals surface area contributed by atoms with Crippen molar-refractivity contribution in [1.29, 1.82) is 0 Å². The summed E-state index contributed by atoms with van der Waals surface area (Å²) in [7, 11) is -9.92. The lowest BCUT2D eigenvalue weighted by Crippen LogP contribution is -2.30. The van der Waals surface area contributed by atoms with Crippen molar-refractivity contribution in [2.75, 3.05) is 39.6 Å². The van der Waals surface area contributed by atoms with Gasteiger partial charge in [0.15, 0.2) is 12.2 Å². The van der Waals surface area contributed by atoms with Gasteiger partial charge in [0.2, 0.25) is 0 Å². The Balaban J connectivity index is 5.22. The zero-order valence-electron chi connectivity index (χ0n) is 66.5. The second-order valence-corrected chi connectivity index (χ2v) is 34.3. The maximum Gasteiger partial charge on any atom is 0.472 e. The molecule has 0 radical (unpaired) electrons. The molecule has 0 heterocycles. The Morgan fingerprint density at radius 3 is 0.614 bits per heavy atom. The molecular formula is C82H160O17P2. The number of hydrogen-bond acceptors (Lipinski definition) is 15. The molecule has 0 aromatic carbocycles. The Kier molecular flexibility index (Phi) is 69.6. The van der Waals surface area contributed by atoms with E-state index in [1.54, 1.807) is 0 Å². The van der Waals surface area contributed by atoms with Gasteiger partial charge in [0, 0.05) is 25.7 Å². The van der Waals surface area contributed by atoms with E-state index in [9.17, 15) is 43.2 Å². The number of esters is 4. The number of hydrogen-bond donors (Lipinski definition) is 3. The Bertz CT molecular complexity index is 1970. The van der Waals surface area contributed by atoms with Gasteiger partial charge in [-0.25, -0.2) is 9.13 Å². The lowest BCUT2D eigenvalue weighted by atomic mass is 10.0. The van der Waals surface area contributed by atoms with Crippen molar-refractivity contribution < 1.29 is 80.2 Å². The van der Waals surface area contributed by atoms with Crippen LogP contribution in [-0.2, 0) is 65.4 Å². The molecule has 3 unspecified atom stereocenters. The zero-order valence-corrected chi connectivity index (χ0v) is 68.3. The van der Waals surface area contributed by atoms with Gasteiger partial charge < -0.3 is 33.8 Å². The van der Waals surface area contributed by atoms with Crippen molar-refractivity contribution in [3.8, 4) is 0 Å². The van der Waals surface area contributed by atoms with Gasteiger partial charge in [-0.3, -0.25) is 37.3 Å². The van der Waals surface area contributed by atoms with Crippen LogP contribution in [0.25, 0.3) is 0 Å². The minimum absolute atomic E-state index is 0.106. The van der Waals surface area contributed by atoms with Crippen LogP contribution in [0.15, 0.2) is 0 Å². The standard InChI is InChI=1S/C82H160O17P2/c1-72(2)58-50-42-34-28-22-16-10-9-11-20-26-32-38-48-56-65-82(87)99-78(69-93-80(85)63-55-47-41-40-45-53-61-75(7)8)71-97-101(90,91)95-67-76(83)66-94-100(88,89)96-70-77(98-81(86)64-57-49-39-33-27-21-15-13-18-24-30-36-44-52-60-74(5)6)68-92-79(84)62-54-46-37-31-25-19-14-12-17-23-29-35-43-51-59-73(3)4/h72-78,83H,9-71H2,1-8H3,(H,88,89)(H,90,91)/t76?,77-,78-/m1/s1. The lowest BCUT2D eigenvalue weighted by molar-refractivity contribution is -0.161. The molecule has 17 nitrogen and oxygen atoms in total. The van der Waals surface area contributed by atoms with Crippen LogP contribution in [0.5, 0.6) is 0 Å². The molecular weight excluding hydrogens is 1320 g/mol. The Labute approximate surface area is 619 Å². The summed E-state index contributed by atoms with van der Waals surface area (Å²) >= 11 is 0. The molecule has 600 valence electrons. The number of aliphatic hydroxyl groups excluding tert-OH is 1. The highest BCUT2D eigenvalue weighted by molar-refractivity contribution is 7.47. The molecule has 0 spiro atoms. The molecule has 0 saturated heterocycles. The van der Waals surface area contributed by atoms with Crippen LogP contribution < -0.4 is 0 Å². The molecule has 0 amide bonds. The van der Waals surface area contributed by atoms with E-state index < -0.39 is 97.5 Å². The SMILES string of the molecule is CC(C)CCCCCCCCCCCCCCCCCC(=O)O[C@H](COC(=O)CCCCCCCCC(C)C)COP(=O)(O)OCC(O)COP(=O)(O)OC[C@@H](COC(=O)CCCCCCCCCCCCCCCCC(C)C)OC(=O)CCCCCCCCCCCCCCCCC(C)C. The number of ether oxygens (including phenoxy) is 4. The molecule has 0 rings (SSSR count). The van der Waals surface area contributed by atoms with E-state index in [2.05, 4.69) is 55.4 Å². The minimum atomic E-state index is -4.96. The molecule has 0 aliphatic heterocycles. The average molecular weight is 1480 g/mol. The average Bonchev–Trinajstić information content (AvgIpc) is 0.960. The molecule has 0 aromatic rings. The van der Waals surface area contributed by atoms with Crippen LogP contribution in [-0.4, -0.2) is 96.7 Å². The van der Waals surface area contributed by atoms with Crippen LogP contribution in [0, 0.1) is 23.7 Å².